The van der Waals surface area contributed by atoms with Gasteiger partial charge in [-0.2, -0.15) is 0 Å². The zero-order chi connectivity index (χ0) is 65.3. The van der Waals surface area contributed by atoms with Gasteiger partial charge in [-0.25, -0.2) is 18.3 Å². The van der Waals surface area contributed by atoms with Gasteiger partial charge in [0, 0.05) is 72.9 Å². The summed E-state index contributed by atoms with van der Waals surface area (Å²) in [5.41, 5.74) is 34.6. The van der Waals surface area contributed by atoms with Crippen LogP contribution in [0.25, 0.3) is 89.5 Å². The van der Waals surface area contributed by atoms with Crippen molar-refractivity contribution in [2.75, 3.05) is 0 Å². The molecule has 440 valence electrons. The summed E-state index contributed by atoms with van der Waals surface area (Å²) in [4.78, 5) is 0. The standard InChI is InChI=1S/C22H24N.2C21H22N.C20H20N/c1-15-13-22(23(5)14-18(15)4)21-12-16(2)20(11-17(21)3)19-9-7-6-8-10-19;1-15-13-21(22(4)14-17(15)3)20-11-10-19(12-16(20)2)18-8-6-5-7-9-18;1-15-10-11-21(22(4)14-15)20-13-16(2)19(12-17(20)3)18-8-6-5-7-9-18;1-15-9-12-20(21(3)14-15)19-11-10-18(13-16(19)2)17-7-5-4-6-8-17/h6-14H,1-5H3;2*5-14H,1-4H3;4-14H,1-3H3/q4*+1/i;;;1D3. The largest absolute Gasteiger partial charge is 0.212 e. The van der Waals surface area contributed by atoms with Crippen LogP contribution in [0.1, 0.15) is 70.9 Å². The van der Waals surface area contributed by atoms with Gasteiger partial charge >= 0.3 is 0 Å². The Morgan fingerprint density at radius 2 is 0.523 bits per heavy atom. The molecule has 0 aliphatic carbocycles. The average Bonchev–Trinajstić information content (AvgIpc) is 3.52. The van der Waals surface area contributed by atoms with Gasteiger partial charge in [-0.05, 0) is 208 Å². The summed E-state index contributed by atoms with van der Waals surface area (Å²) in [6.07, 6.45) is 8.28. The van der Waals surface area contributed by atoms with E-state index in [2.05, 4.69) is 318 Å². The van der Waals surface area contributed by atoms with Crippen LogP contribution >= 0.6 is 0 Å². The molecule has 0 unspecified atom stereocenters. The van der Waals surface area contributed by atoms with Crippen molar-refractivity contribution in [1.82, 2.24) is 0 Å². The lowest BCUT2D eigenvalue weighted by Gasteiger charge is -2.12. The summed E-state index contributed by atoms with van der Waals surface area (Å²) in [7, 11) is 8.24. The van der Waals surface area contributed by atoms with Crippen LogP contribution in [-0.2, 0) is 28.2 Å². The fourth-order valence-corrected chi connectivity index (χ4v) is 11.8. The van der Waals surface area contributed by atoms with Gasteiger partial charge in [0.05, 0.1) is 0 Å². The Balaban J connectivity index is 0.000000144. The molecule has 0 atom stereocenters. The Bertz CT molecular complexity index is 4530. The topological polar surface area (TPSA) is 15.5 Å². The van der Waals surface area contributed by atoms with E-state index in [4.69, 9.17) is 4.11 Å². The number of rotatable bonds is 8. The molecule has 0 N–H and O–H groups in total. The molecule has 12 aromatic rings. The Labute approximate surface area is 530 Å². The number of pyridine rings is 4. The summed E-state index contributed by atoms with van der Waals surface area (Å²) in [5, 5.41) is 0. The molecule has 0 bridgehead atoms. The van der Waals surface area contributed by atoms with Crippen LogP contribution in [-0.4, -0.2) is 0 Å². The summed E-state index contributed by atoms with van der Waals surface area (Å²) < 4.78 is 31.1. The van der Waals surface area contributed by atoms with Crippen LogP contribution in [0, 0.1) is 83.0 Å². The van der Waals surface area contributed by atoms with Crippen LogP contribution in [0.2, 0.25) is 0 Å². The van der Waals surface area contributed by atoms with Gasteiger partial charge < -0.3 is 0 Å². The molecule has 88 heavy (non-hydrogen) atoms. The number of nitrogens with zero attached hydrogens (tertiary/aromatic N) is 4. The first-order valence-corrected chi connectivity index (χ1v) is 30.5. The summed E-state index contributed by atoms with van der Waals surface area (Å²) in [6, 6.07) is 76.9. The van der Waals surface area contributed by atoms with E-state index in [1.807, 2.05) is 35.9 Å². The zero-order valence-electron chi connectivity index (χ0n) is 57.4. The molecular formula is C84H88N4+4. The quantitative estimate of drug-likeness (QED) is 0.135. The summed E-state index contributed by atoms with van der Waals surface area (Å²) in [5.74, 6) is 0. The lowest BCUT2D eigenvalue weighted by atomic mass is 9.93. The Morgan fingerprint density at radius 1 is 0.216 bits per heavy atom. The van der Waals surface area contributed by atoms with E-state index in [1.54, 1.807) is 12.3 Å². The van der Waals surface area contributed by atoms with Crippen molar-refractivity contribution in [3.05, 3.63) is 310 Å². The molecule has 4 heteroatoms. The molecule has 0 aliphatic rings. The molecular weight excluding hydrogens is 1060 g/mol. The highest BCUT2D eigenvalue weighted by Gasteiger charge is 2.20. The van der Waals surface area contributed by atoms with E-state index in [-0.39, 0.29) is 0 Å². The lowest BCUT2D eigenvalue weighted by Crippen LogP contribution is -2.31. The maximum Gasteiger partial charge on any atom is 0.212 e. The van der Waals surface area contributed by atoms with Crippen molar-refractivity contribution in [2.24, 2.45) is 28.2 Å². The second kappa shape index (κ2) is 28.3. The fourth-order valence-electron chi connectivity index (χ4n) is 11.8. The molecule has 0 saturated carbocycles. The smallest absolute Gasteiger partial charge is 0.201 e. The van der Waals surface area contributed by atoms with Crippen LogP contribution < -0.4 is 18.3 Å². The fraction of sp³-hybridized carbons (Fsp3) is 0.190. The SMILES string of the molecule is Cc1cc(-c2cc(C)c(-c3ccccc3)cc2C)[n+](C)cc1C.Cc1cc(-c2ccc(-c3ccccc3)cc2C)[n+](C)cc1C.Cc1ccc(-c2cc(C)c(-c3ccccc3)cc2C)[n+](C)c1.[2H]C([2H])([2H])c1ccc(-c2ccc(-c3ccccc3)cc2C)[n+](C)c1. The number of aromatic nitrogens is 4. The van der Waals surface area contributed by atoms with E-state index in [1.165, 1.54) is 134 Å². The first-order valence-electron chi connectivity index (χ1n) is 32.0. The van der Waals surface area contributed by atoms with Gasteiger partial charge in [-0.1, -0.05) is 158 Å². The van der Waals surface area contributed by atoms with E-state index in [0.717, 1.165) is 16.8 Å². The molecule has 0 radical (unpaired) electrons. The van der Waals surface area contributed by atoms with E-state index < -0.39 is 6.85 Å². The highest BCUT2D eigenvalue weighted by Crippen LogP contribution is 2.34. The van der Waals surface area contributed by atoms with Gasteiger partial charge in [0.25, 0.3) is 0 Å². The second-order valence-corrected chi connectivity index (χ2v) is 23.9. The average molecular weight is 1160 g/mol. The molecule has 4 nitrogen and oxygen atoms in total. The van der Waals surface area contributed by atoms with Gasteiger partial charge in [-0.3, -0.25) is 0 Å². The van der Waals surface area contributed by atoms with Crippen molar-refractivity contribution in [3.8, 4) is 89.5 Å². The van der Waals surface area contributed by atoms with Crippen LogP contribution in [0.15, 0.2) is 243 Å². The molecule has 0 aliphatic heterocycles. The van der Waals surface area contributed by atoms with Crippen molar-refractivity contribution < 1.29 is 22.4 Å². The highest BCUT2D eigenvalue weighted by molar-refractivity contribution is 5.77. The second-order valence-electron chi connectivity index (χ2n) is 23.9. The van der Waals surface area contributed by atoms with Crippen molar-refractivity contribution in [3.63, 3.8) is 0 Å². The Morgan fingerprint density at radius 3 is 0.920 bits per heavy atom. The minimum atomic E-state index is -2.08. The summed E-state index contributed by atoms with van der Waals surface area (Å²) >= 11 is 0. The molecule has 0 amide bonds. The van der Waals surface area contributed by atoms with Crippen molar-refractivity contribution in [2.45, 2.75) is 83.0 Å². The monoisotopic (exact) mass is 1160 g/mol. The molecule has 0 fully saturated rings. The van der Waals surface area contributed by atoms with Gasteiger partial charge in [-0.15, -0.1) is 0 Å². The Kier molecular flexibility index (Phi) is 18.9. The number of hydrogen-bond donors (Lipinski definition) is 0. The third-order valence-corrected chi connectivity index (χ3v) is 17.0. The van der Waals surface area contributed by atoms with Crippen LogP contribution in [0.3, 0.4) is 0 Å². The minimum absolute atomic E-state index is 0.354. The van der Waals surface area contributed by atoms with Crippen molar-refractivity contribution in [1.29, 1.82) is 0 Å². The molecule has 12 rings (SSSR count). The maximum absolute atomic E-state index is 7.53. The molecule has 0 saturated heterocycles. The predicted octanol–water partition coefficient (Wildman–Crippen LogP) is 19.1. The van der Waals surface area contributed by atoms with E-state index >= 15 is 0 Å². The van der Waals surface area contributed by atoms with Crippen LogP contribution in [0.4, 0.5) is 0 Å². The normalized spacial score (nSPS) is 11.4. The first-order chi connectivity index (χ1) is 43.4. The Hall–Kier alpha value is -9.64. The number of hydrogen-bond acceptors (Lipinski definition) is 0. The van der Waals surface area contributed by atoms with Crippen molar-refractivity contribution >= 4 is 0 Å². The summed E-state index contributed by atoms with van der Waals surface area (Å²) in [6.45, 7) is 21.8. The molecule has 0 spiro atoms. The molecule has 8 aromatic carbocycles. The van der Waals surface area contributed by atoms with Gasteiger partial charge in [0.1, 0.15) is 28.2 Å². The van der Waals surface area contributed by atoms with E-state index in [9.17, 15) is 0 Å². The maximum atomic E-state index is 7.53. The van der Waals surface area contributed by atoms with Gasteiger partial charge in [0.15, 0.2) is 24.8 Å². The van der Waals surface area contributed by atoms with E-state index in [0.29, 0.717) is 5.56 Å². The molecule has 4 aromatic heterocycles. The minimum Gasteiger partial charge on any atom is -0.201 e. The number of aryl methyl sites for hydroxylation is 16. The first kappa shape index (κ1) is 58.7. The number of benzene rings is 8. The molecule has 4 heterocycles. The third kappa shape index (κ3) is 14.9. The lowest BCUT2D eigenvalue weighted by molar-refractivity contribution is -0.660. The zero-order valence-corrected chi connectivity index (χ0v) is 54.4. The van der Waals surface area contributed by atoms with Crippen LogP contribution in [0.5, 0.6) is 0 Å². The van der Waals surface area contributed by atoms with Gasteiger partial charge in [0.2, 0.25) is 22.8 Å². The third-order valence-electron chi connectivity index (χ3n) is 17.0. The highest BCUT2D eigenvalue weighted by atomic mass is 14.9. The predicted molar refractivity (Wildman–Crippen MR) is 371 cm³/mol.